The molecule has 1 aromatic heterocycles. The molecule has 0 bridgehead atoms. The minimum atomic E-state index is -3.63. The van der Waals surface area contributed by atoms with Crippen LogP contribution in [-0.2, 0) is 26.0 Å². The second kappa shape index (κ2) is 8.85. The largest absolute Gasteiger partial charge is 0.340 e. The van der Waals surface area contributed by atoms with E-state index in [1.54, 1.807) is 21.9 Å². The third-order valence-electron chi connectivity index (χ3n) is 6.13. The van der Waals surface area contributed by atoms with Crippen molar-refractivity contribution in [1.82, 2.24) is 14.2 Å². The maximum Gasteiger partial charge on any atom is 0.243 e. The molecular weight excluding hydrogens is 460 g/mol. The zero-order chi connectivity index (χ0) is 23.0. The van der Waals surface area contributed by atoms with Gasteiger partial charge in [0.1, 0.15) is 0 Å². The summed E-state index contributed by atoms with van der Waals surface area (Å²) >= 11 is 1.38. The molecule has 2 saturated heterocycles. The number of sulfonamides is 1. The minimum absolute atomic E-state index is 0.0750. The summed E-state index contributed by atoms with van der Waals surface area (Å²) in [6, 6.07) is 12.8. The molecule has 2 fully saturated rings. The third kappa shape index (κ3) is 4.38. The first-order valence-corrected chi connectivity index (χ1v) is 13.3. The highest BCUT2D eigenvalue weighted by atomic mass is 32.2. The Morgan fingerprint density at radius 3 is 2.48 bits per heavy atom. The van der Waals surface area contributed by atoms with Crippen molar-refractivity contribution in [3.05, 3.63) is 53.5 Å². The minimum Gasteiger partial charge on any atom is -0.340 e. The molecule has 2 aliphatic heterocycles. The fourth-order valence-electron chi connectivity index (χ4n) is 4.27. The second-order valence-corrected chi connectivity index (χ2v) is 11.0. The highest BCUT2D eigenvalue weighted by Gasteiger charge is 2.31. The summed E-state index contributed by atoms with van der Waals surface area (Å²) in [6.07, 6.45) is 1.52. The molecule has 3 aromatic rings. The topological polar surface area (TPSA) is 90.9 Å². The number of carbonyl (C=O) groups excluding carboxylic acids is 2. The van der Waals surface area contributed by atoms with Gasteiger partial charge in [-0.3, -0.25) is 14.5 Å². The normalized spacial score (nSPS) is 17.8. The van der Waals surface area contributed by atoms with Crippen LogP contribution in [0.25, 0.3) is 10.8 Å². The van der Waals surface area contributed by atoms with Crippen molar-refractivity contribution in [1.29, 1.82) is 0 Å². The Balaban J connectivity index is 1.21. The van der Waals surface area contributed by atoms with Gasteiger partial charge in [0.15, 0.2) is 5.13 Å². The first-order valence-electron chi connectivity index (χ1n) is 10.9. The lowest BCUT2D eigenvalue weighted by atomic mass is 10.1. The third-order valence-corrected chi connectivity index (χ3v) is 8.93. The van der Waals surface area contributed by atoms with Crippen LogP contribution in [0.1, 0.15) is 18.5 Å². The number of rotatable bonds is 5. The van der Waals surface area contributed by atoms with E-state index in [0.29, 0.717) is 36.9 Å². The Bertz CT molecular complexity index is 1310. The van der Waals surface area contributed by atoms with Gasteiger partial charge in [-0.05, 0) is 29.3 Å². The first-order chi connectivity index (χ1) is 15.9. The number of nitrogens with zero attached hydrogens (tertiary/aromatic N) is 4. The van der Waals surface area contributed by atoms with Gasteiger partial charge in [0.25, 0.3) is 0 Å². The van der Waals surface area contributed by atoms with Crippen LogP contribution in [0.15, 0.2) is 52.7 Å². The number of amides is 2. The van der Waals surface area contributed by atoms with Crippen molar-refractivity contribution in [2.24, 2.45) is 0 Å². The summed E-state index contributed by atoms with van der Waals surface area (Å²) in [4.78, 5) is 32.8. The molecule has 0 aliphatic carbocycles. The lowest BCUT2D eigenvalue weighted by Crippen LogP contribution is -2.50. The maximum absolute atomic E-state index is 13.1. The van der Waals surface area contributed by atoms with Crippen LogP contribution in [0.2, 0.25) is 0 Å². The summed E-state index contributed by atoms with van der Waals surface area (Å²) in [5.41, 5.74) is 0.644. The van der Waals surface area contributed by atoms with Crippen molar-refractivity contribution in [3.63, 3.8) is 0 Å². The number of thiazole rings is 1. The van der Waals surface area contributed by atoms with Crippen LogP contribution >= 0.6 is 11.3 Å². The number of anilines is 1. The molecule has 0 atom stereocenters. The Morgan fingerprint density at radius 1 is 1.00 bits per heavy atom. The maximum atomic E-state index is 13.1. The molecule has 0 saturated carbocycles. The SMILES string of the molecule is O=C(Cc1csc(N2CCCC2=O)n1)N1CCN(S(=O)(=O)c2ccc3ccccc3c2)CC1. The van der Waals surface area contributed by atoms with E-state index in [4.69, 9.17) is 0 Å². The van der Waals surface area contributed by atoms with Crippen molar-refractivity contribution in [2.45, 2.75) is 24.2 Å². The van der Waals surface area contributed by atoms with Crippen molar-refractivity contribution >= 4 is 49.1 Å². The molecule has 2 aliphatic rings. The van der Waals surface area contributed by atoms with E-state index in [-0.39, 0.29) is 36.2 Å². The highest BCUT2D eigenvalue weighted by molar-refractivity contribution is 7.89. The van der Waals surface area contributed by atoms with Crippen LogP contribution in [0, 0.1) is 0 Å². The van der Waals surface area contributed by atoms with E-state index in [0.717, 1.165) is 17.2 Å². The van der Waals surface area contributed by atoms with Gasteiger partial charge in [-0.25, -0.2) is 13.4 Å². The predicted molar refractivity (Wildman–Crippen MR) is 127 cm³/mol. The first kappa shape index (κ1) is 22.0. The van der Waals surface area contributed by atoms with Gasteiger partial charge < -0.3 is 4.90 Å². The zero-order valence-corrected chi connectivity index (χ0v) is 19.6. The summed E-state index contributed by atoms with van der Waals surface area (Å²) in [5, 5.41) is 4.34. The van der Waals surface area contributed by atoms with Gasteiger partial charge in [-0.15, -0.1) is 11.3 Å². The molecule has 33 heavy (non-hydrogen) atoms. The van der Waals surface area contributed by atoms with Crippen LogP contribution in [0.5, 0.6) is 0 Å². The molecule has 2 amide bonds. The van der Waals surface area contributed by atoms with Gasteiger partial charge in [-0.1, -0.05) is 30.3 Å². The highest BCUT2D eigenvalue weighted by Crippen LogP contribution is 2.26. The predicted octanol–water partition coefficient (Wildman–Crippen LogP) is 2.50. The molecule has 0 radical (unpaired) electrons. The van der Waals surface area contributed by atoms with E-state index in [2.05, 4.69) is 4.98 Å². The standard InChI is InChI=1S/C23H24N4O4S2/c28-21-6-3-9-27(21)23-24-19(16-32-23)15-22(29)25-10-12-26(13-11-25)33(30,31)20-8-7-17-4-1-2-5-18(17)14-20/h1-2,4-5,7-8,14,16H,3,6,9-13,15H2. The molecule has 10 heteroatoms. The number of benzene rings is 2. The molecule has 2 aromatic carbocycles. The van der Waals surface area contributed by atoms with Crippen molar-refractivity contribution in [3.8, 4) is 0 Å². The molecule has 5 rings (SSSR count). The molecule has 172 valence electrons. The Morgan fingerprint density at radius 2 is 1.76 bits per heavy atom. The number of carbonyl (C=O) groups is 2. The van der Waals surface area contributed by atoms with Crippen LogP contribution < -0.4 is 4.90 Å². The van der Waals surface area contributed by atoms with E-state index in [9.17, 15) is 18.0 Å². The number of fused-ring (bicyclic) bond motifs is 1. The number of hydrogen-bond acceptors (Lipinski definition) is 6. The molecule has 0 unspecified atom stereocenters. The monoisotopic (exact) mass is 484 g/mol. The fraction of sp³-hybridized carbons (Fsp3) is 0.348. The summed E-state index contributed by atoms with van der Waals surface area (Å²) in [5.74, 6) is -0.00618. The molecule has 0 spiro atoms. The van der Waals surface area contributed by atoms with Crippen LogP contribution in [-0.4, -0.2) is 67.1 Å². The van der Waals surface area contributed by atoms with Gasteiger partial charge in [-0.2, -0.15) is 4.31 Å². The van der Waals surface area contributed by atoms with Crippen molar-refractivity contribution < 1.29 is 18.0 Å². The lowest BCUT2D eigenvalue weighted by molar-refractivity contribution is -0.131. The average Bonchev–Trinajstić information content (AvgIpc) is 3.47. The zero-order valence-electron chi connectivity index (χ0n) is 18.0. The van der Waals surface area contributed by atoms with E-state index < -0.39 is 10.0 Å². The van der Waals surface area contributed by atoms with Gasteiger partial charge in [0, 0.05) is 44.5 Å². The molecule has 3 heterocycles. The average molecular weight is 485 g/mol. The van der Waals surface area contributed by atoms with E-state index in [1.165, 1.54) is 15.6 Å². The van der Waals surface area contributed by atoms with Gasteiger partial charge in [0.2, 0.25) is 21.8 Å². The number of piperazine rings is 1. The quantitative estimate of drug-likeness (QED) is 0.555. The molecular formula is C23H24N4O4S2. The van der Waals surface area contributed by atoms with E-state index >= 15 is 0 Å². The Hall–Kier alpha value is -2.82. The molecule has 8 nitrogen and oxygen atoms in total. The summed E-state index contributed by atoms with van der Waals surface area (Å²) in [6.45, 7) is 1.87. The van der Waals surface area contributed by atoms with Gasteiger partial charge in [0.05, 0.1) is 17.0 Å². The molecule has 0 N–H and O–H groups in total. The Labute approximate surface area is 196 Å². The van der Waals surface area contributed by atoms with Crippen LogP contribution in [0.3, 0.4) is 0 Å². The van der Waals surface area contributed by atoms with E-state index in [1.807, 2.05) is 35.7 Å². The summed E-state index contributed by atoms with van der Waals surface area (Å²) in [7, 11) is -3.63. The van der Waals surface area contributed by atoms with Crippen molar-refractivity contribution in [2.75, 3.05) is 37.6 Å². The number of hydrogen-bond donors (Lipinski definition) is 0. The van der Waals surface area contributed by atoms with Crippen LogP contribution in [0.4, 0.5) is 5.13 Å². The Kier molecular flexibility index (Phi) is 5.90. The number of aromatic nitrogens is 1. The smallest absolute Gasteiger partial charge is 0.243 e. The lowest BCUT2D eigenvalue weighted by Gasteiger charge is -2.34. The fourth-order valence-corrected chi connectivity index (χ4v) is 6.60. The van der Waals surface area contributed by atoms with Gasteiger partial charge >= 0.3 is 0 Å². The summed E-state index contributed by atoms with van der Waals surface area (Å²) < 4.78 is 27.7. The second-order valence-electron chi connectivity index (χ2n) is 8.24.